The molecule has 0 saturated heterocycles. The van der Waals surface area contributed by atoms with E-state index in [1.54, 1.807) is 18.1 Å². The fraction of sp³-hybridized carbons (Fsp3) is 0.148. The number of aryl methyl sites for hydroxylation is 1. The van der Waals surface area contributed by atoms with Gasteiger partial charge in [-0.05, 0) is 55.3 Å². The van der Waals surface area contributed by atoms with Crippen molar-refractivity contribution in [1.82, 2.24) is 15.5 Å². The molecule has 3 aromatic carbocycles. The minimum Gasteiger partial charge on any atom is -0.497 e. The maximum Gasteiger partial charge on any atom is 0.326 e. The Kier molecular flexibility index (Phi) is 6.01. The number of benzene rings is 3. The summed E-state index contributed by atoms with van der Waals surface area (Å²) >= 11 is 6.23. The fourth-order valence-electron chi connectivity index (χ4n) is 4.18. The monoisotopic (exact) mass is 486 g/mol. The zero-order valence-electron chi connectivity index (χ0n) is 19.4. The lowest BCUT2D eigenvalue weighted by Crippen LogP contribution is -2.46. The van der Waals surface area contributed by atoms with Gasteiger partial charge in [0.2, 0.25) is 5.82 Å². The van der Waals surface area contributed by atoms with Gasteiger partial charge in [0.05, 0.1) is 24.4 Å². The summed E-state index contributed by atoms with van der Waals surface area (Å²) in [5, 5.41) is 7.95. The Morgan fingerprint density at radius 2 is 1.77 bits per heavy atom. The molecule has 0 bridgehead atoms. The summed E-state index contributed by atoms with van der Waals surface area (Å²) in [6, 6.07) is 21.8. The summed E-state index contributed by atoms with van der Waals surface area (Å²) in [5.74, 6) is 1.53. The van der Waals surface area contributed by atoms with Crippen LogP contribution in [0.1, 0.15) is 30.0 Å². The number of rotatable bonds is 5. The molecule has 1 N–H and O–H groups in total. The van der Waals surface area contributed by atoms with E-state index < -0.39 is 6.04 Å². The number of carbonyl (C=O) groups excluding carboxylic acids is 1. The largest absolute Gasteiger partial charge is 0.497 e. The first-order valence-corrected chi connectivity index (χ1v) is 11.4. The van der Waals surface area contributed by atoms with Gasteiger partial charge in [-0.1, -0.05) is 59.2 Å². The molecule has 7 nitrogen and oxygen atoms in total. The number of anilines is 1. The van der Waals surface area contributed by atoms with Gasteiger partial charge in [0.15, 0.2) is 0 Å². The minimum absolute atomic E-state index is 0.267. The van der Waals surface area contributed by atoms with Crippen molar-refractivity contribution >= 4 is 28.9 Å². The van der Waals surface area contributed by atoms with Gasteiger partial charge in [-0.2, -0.15) is 4.98 Å². The van der Waals surface area contributed by atoms with Gasteiger partial charge in [0, 0.05) is 16.3 Å². The highest BCUT2D eigenvalue weighted by Crippen LogP contribution is 2.40. The van der Waals surface area contributed by atoms with E-state index in [1.807, 2.05) is 80.6 Å². The maximum absolute atomic E-state index is 13.4. The van der Waals surface area contributed by atoms with Crippen molar-refractivity contribution in [3.05, 3.63) is 101 Å². The number of nitrogens with zero attached hydrogens (tertiary/aromatic N) is 3. The lowest BCUT2D eigenvalue weighted by molar-refractivity contribution is 0.244. The van der Waals surface area contributed by atoms with Crippen molar-refractivity contribution in [3.8, 4) is 17.1 Å². The van der Waals surface area contributed by atoms with Crippen LogP contribution in [0.4, 0.5) is 10.5 Å². The van der Waals surface area contributed by atoms with Gasteiger partial charge in [0.25, 0.3) is 5.89 Å². The summed E-state index contributed by atoms with van der Waals surface area (Å²) < 4.78 is 11.0. The Labute approximate surface area is 208 Å². The molecule has 8 heteroatoms. The fourth-order valence-corrected chi connectivity index (χ4v) is 4.30. The molecule has 2 amide bonds. The van der Waals surface area contributed by atoms with Crippen molar-refractivity contribution in [2.75, 3.05) is 12.0 Å². The second-order valence-corrected chi connectivity index (χ2v) is 8.62. The Bertz CT molecular complexity index is 1410. The molecule has 0 spiro atoms. The zero-order chi connectivity index (χ0) is 24.5. The average Bonchev–Trinajstić information content (AvgIpc) is 3.36. The van der Waals surface area contributed by atoms with Gasteiger partial charge in [-0.3, -0.25) is 4.90 Å². The Balaban J connectivity index is 1.65. The van der Waals surface area contributed by atoms with Crippen LogP contribution >= 0.6 is 11.6 Å². The molecule has 0 fully saturated rings. The summed E-state index contributed by atoms with van der Waals surface area (Å²) in [5.41, 5.74) is 4.64. The van der Waals surface area contributed by atoms with Crippen LogP contribution in [0.15, 0.2) is 83.0 Å². The molecule has 1 unspecified atom stereocenters. The second kappa shape index (κ2) is 9.27. The predicted molar refractivity (Wildman–Crippen MR) is 135 cm³/mol. The lowest BCUT2D eigenvalue weighted by atomic mass is 9.94. The smallest absolute Gasteiger partial charge is 0.326 e. The van der Waals surface area contributed by atoms with E-state index in [1.165, 1.54) is 0 Å². The Hall–Kier alpha value is -4.10. The average molecular weight is 487 g/mol. The third-order valence-electron chi connectivity index (χ3n) is 6.02. The Morgan fingerprint density at radius 1 is 1.03 bits per heavy atom. The molecule has 4 aromatic rings. The molecular weight excluding hydrogens is 464 g/mol. The molecule has 0 saturated carbocycles. The number of amides is 2. The van der Waals surface area contributed by atoms with Gasteiger partial charge in [-0.25, -0.2) is 4.79 Å². The molecule has 0 radical (unpaired) electrons. The number of allylic oxidation sites excluding steroid dienone is 1. The molecule has 5 rings (SSSR count). The van der Waals surface area contributed by atoms with Gasteiger partial charge < -0.3 is 14.6 Å². The van der Waals surface area contributed by atoms with Crippen LogP contribution < -0.4 is 15.0 Å². The van der Waals surface area contributed by atoms with Gasteiger partial charge >= 0.3 is 6.03 Å². The molecular formula is C27H23ClN4O3. The minimum atomic E-state index is -0.498. The third kappa shape index (κ3) is 4.26. The van der Waals surface area contributed by atoms with E-state index in [0.29, 0.717) is 33.7 Å². The number of halogens is 1. The number of ether oxygens (including phenoxy) is 1. The standard InChI is InChI=1S/C27H23ClN4O3/c1-16-15-20(11-14-22(16)28)32-17(2)23(26-30-25(31-35-26)19-7-5-4-6-8-19)24(29-27(32)33)18-9-12-21(34-3)13-10-18/h4-15,24H,1-3H3,(H,29,33). The molecule has 35 heavy (non-hydrogen) atoms. The first-order chi connectivity index (χ1) is 17.0. The van der Waals surface area contributed by atoms with Crippen LogP contribution in [0.3, 0.4) is 0 Å². The van der Waals surface area contributed by atoms with E-state index in [0.717, 1.165) is 22.4 Å². The van der Waals surface area contributed by atoms with Crippen LogP contribution in [-0.2, 0) is 0 Å². The SMILES string of the molecule is COc1ccc(C2NC(=O)N(c3ccc(Cl)c(C)c3)C(C)=C2c2nc(-c3ccccc3)no2)cc1. The molecule has 1 aromatic heterocycles. The molecule has 1 aliphatic rings. The quantitative estimate of drug-likeness (QED) is 0.352. The van der Waals surface area contributed by atoms with Crippen molar-refractivity contribution in [1.29, 1.82) is 0 Å². The van der Waals surface area contributed by atoms with Gasteiger partial charge in [0.1, 0.15) is 5.75 Å². The Morgan fingerprint density at radius 3 is 2.46 bits per heavy atom. The van der Waals surface area contributed by atoms with Crippen molar-refractivity contribution in [2.45, 2.75) is 19.9 Å². The molecule has 1 atom stereocenters. The zero-order valence-corrected chi connectivity index (χ0v) is 20.2. The first kappa shape index (κ1) is 22.7. The molecule has 0 aliphatic carbocycles. The molecule has 1 aliphatic heterocycles. The predicted octanol–water partition coefficient (Wildman–Crippen LogP) is 6.41. The number of hydrogen-bond acceptors (Lipinski definition) is 5. The maximum atomic E-state index is 13.4. The topological polar surface area (TPSA) is 80.5 Å². The summed E-state index contributed by atoms with van der Waals surface area (Å²) in [7, 11) is 1.61. The number of methoxy groups -OCH3 is 1. The van der Waals surface area contributed by atoms with E-state index in [-0.39, 0.29) is 6.03 Å². The van der Waals surface area contributed by atoms with Crippen molar-refractivity contribution in [2.24, 2.45) is 0 Å². The van der Waals surface area contributed by atoms with E-state index >= 15 is 0 Å². The van der Waals surface area contributed by atoms with Crippen LogP contribution in [0, 0.1) is 6.92 Å². The van der Waals surface area contributed by atoms with Crippen LogP contribution in [0.25, 0.3) is 17.0 Å². The van der Waals surface area contributed by atoms with E-state index in [9.17, 15) is 4.79 Å². The van der Waals surface area contributed by atoms with Crippen LogP contribution in [0.5, 0.6) is 5.75 Å². The van der Waals surface area contributed by atoms with E-state index in [4.69, 9.17) is 20.9 Å². The summed E-state index contributed by atoms with van der Waals surface area (Å²) in [6.45, 7) is 3.78. The van der Waals surface area contributed by atoms with Crippen LogP contribution in [0.2, 0.25) is 5.02 Å². The van der Waals surface area contributed by atoms with Crippen molar-refractivity contribution in [3.63, 3.8) is 0 Å². The first-order valence-electron chi connectivity index (χ1n) is 11.1. The third-order valence-corrected chi connectivity index (χ3v) is 6.45. The highest BCUT2D eigenvalue weighted by Gasteiger charge is 2.36. The number of nitrogens with one attached hydrogen (secondary N) is 1. The number of hydrogen-bond donors (Lipinski definition) is 1. The van der Waals surface area contributed by atoms with E-state index in [2.05, 4.69) is 15.5 Å². The van der Waals surface area contributed by atoms with Crippen LogP contribution in [-0.4, -0.2) is 23.3 Å². The normalized spacial score (nSPS) is 15.8. The molecule has 176 valence electrons. The number of urea groups is 1. The lowest BCUT2D eigenvalue weighted by Gasteiger charge is -2.35. The number of aromatic nitrogens is 2. The summed E-state index contributed by atoms with van der Waals surface area (Å²) in [6.07, 6.45) is 0. The molecule has 2 heterocycles. The van der Waals surface area contributed by atoms with Gasteiger partial charge in [-0.15, -0.1) is 0 Å². The highest BCUT2D eigenvalue weighted by atomic mass is 35.5. The second-order valence-electron chi connectivity index (χ2n) is 8.21. The highest BCUT2D eigenvalue weighted by molar-refractivity contribution is 6.31. The van der Waals surface area contributed by atoms with Crippen molar-refractivity contribution < 1.29 is 14.1 Å². The summed E-state index contributed by atoms with van der Waals surface area (Å²) in [4.78, 5) is 19.7. The number of carbonyl (C=O) groups is 1.